The third kappa shape index (κ3) is 5.13. The van der Waals surface area contributed by atoms with E-state index in [4.69, 9.17) is 5.11 Å². The lowest BCUT2D eigenvalue weighted by atomic mass is 10.1. The number of H-pyrrole nitrogens is 1. The second-order valence-electron chi connectivity index (χ2n) is 4.44. The maximum absolute atomic E-state index is 11.5. The molecule has 0 fully saturated rings. The Labute approximate surface area is 117 Å². The quantitative estimate of drug-likeness (QED) is 0.420. The first-order valence-corrected chi connectivity index (χ1v) is 6.41. The van der Waals surface area contributed by atoms with Crippen LogP contribution in [0.5, 0.6) is 0 Å². The van der Waals surface area contributed by atoms with Gasteiger partial charge < -0.3 is 15.7 Å². The molecule has 0 spiro atoms. The summed E-state index contributed by atoms with van der Waals surface area (Å²) in [6.45, 7) is 5.87. The molecule has 0 aromatic carbocycles. The zero-order chi connectivity index (χ0) is 15.0. The van der Waals surface area contributed by atoms with E-state index in [1.54, 1.807) is 6.20 Å². The summed E-state index contributed by atoms with van der Waals surface area (Å²) in [4.78, 5) is 22.4. The average Bonchev–Trinajstić information content (AvgIpc) is 2.80. The largest absolute Gasteiger partial charge is 0.480 e. The first-order chi connectivity index (χ1) is 9.54. The maximum Gasteiger partial charge on any atom is 0.326 e. The van der Waals surface area contributed by atoms with E-state index < -0.39 is 18.0 Å². The van der Waals surface area contributed by atoms with Crippen LogP contribution in [0, 0.1) is 6.92 Å². The molecular weight excluding hydrogens is 260 g/mol. The summed E-state index contributed by atoms with van der Waals surface area (Å²) < 4.78 is 0. The first kappa shape index (κ1) is 15.7. The number of nitrogens with zero attached hydrogens (tertiary/aromatic N) is 1. The Hall–Kier alpha value is -2.31. The van der Waals surface area contributed by atoms with Gasteiger partial charge in [-0.1, -0.05) is 6.08 Å². The highest BCUT2D eigenvalue weighted by Crippen LogP contribution is 2.04. The van der Waals surface area contributed by atoms with Gasteiger partial charge in [-0.3, -0.25) is 5.10 Å². The number of rotatable bonds is 8. The van der Waals surface area contributed by atoms with Crippen LogP contribution in [0.3, 0.4) is 0 Å². The van der Waals surface area contributed by atoms with Gasteiger partial charge in [0, 0.05) is 12.2 Å². The molecule has 0 saturated carbocycles. The van der Waals surface area contributed by atoms with Crippen molar-refractivity contribution < 1.29 is 14.7 Å². The van der Waals surface area contributed by atoms with Gasteiger partial charge >= 0.3 is 12.0 Å². The monoisotopic (exact) mass is 280 g/mol. The minimum absolute atomic E-state index is 0.191. The topological polar surface area (TPSA) is 107 Å². The highest BCUT2D eigenvalue weighted by molar-refractivity contribution is 5.82. The number of amides is 2. The number of urea groups is 1. The summed E-state index contributed by atoms with van der Waals surface area (Å²) in [5.74, 6) is -1.07. The van der Waals surface area contributed by atoms with E-state index in [1.807, 2.05) is 6.92 Å². The van der Waals surface area contributed by atoms with Gasteiger partial charge in [0.2, 0.25) is 0 Å². The predicted molar refractivity (Wildman–Crippen MR) is 74.4 cm³/mol. The molecule has 20 heavy (non-hydrogen) atoms. The normalized spacial score (nSPS) is 11.7. The zero-order valence-electron chi connectivity index (χ0n) is 11.5. The second-order valence-corrected chi connectivity index (χ2v) is 4.44. The number of nitrogens with one attached hydrogen (secondary N) is 3. The molecule has 1 atom stereocenters. The Morgan fingerprint density at radius 1 is 1.60 bits per heavy atom. The van der Waals surface area contributed by atoms with E-state index in [1.165, 1.54) is 6.08 Å². The second kappa shape index (κ2) is 7.98. The van der Waals surface area contributed by atoms with Crippen LogP contribution in [0.25, 0.3) is 0 Å². The molecule has 0 aliphatic heterocycles. The molecule has 0 saturated heterocycles. The Balaban J connectivity index is 2.24. The number of aromatic amines is 1. The number of aromatic nitrogens is 2. The molecule has 1 unspecified atom stereocenters. The number of carbonyl (C=O) groups excluding carboxylic acids is 1. The van der Waals surface area contributed by atoms with Crippen LogP contribution < -0.4 is 10.6 Å². The third-order valence-electron chi connectivity index (χ3n) is 2.85. The van der Waals surface area contributed by atoms with Crippen LogP contribution in [-0.2, 0) is 11.2 Å². The number of carboxylic acid groups (broad SMARTS) is 1. The molecule has 0 aliphatic carbocycles. The Bertz CT molecular complexity index is 470. The van der Waals surface area contributed by atoms with Crippen molar-refractivity contribution in [1.82, 2.24) is 20.8 Å². The maximum atomic E-state index is 11.5. The van der Waals surface area contributed by atoms with Gasteiger partial charge in [-0.2, -0.15) is 5.10 Å². The summed E-state index contributed by atoms with van der Waals surface area (Å²) in [6.07, 6.45) is 4.97. The minimum atomic E-state index is -1.07. The van der Waals surface area contributed by atoms with Crippen LogP contribution >= 0.6 is 0 Å². The molecule has 1 rings (SSSR count). The van der Waals surface area contributed by atoms with E-state index in [0.29, 0.717) is 6.54 Å². The molecule has 110 valence electrons. The standard InChI is InChI=1S/C13H20N4O3/c1-3-5-11(12(18)19)16-13(20)14-7-4-6-10-8-15-17-9(10)2/h3,8,11H,1,4-7H2,2H3,(H,15,17)(H,18,19)(H2,14,16,20). The first-order valence-electron chi connectivity index (χ1n) is 6.41. The van der Waals surface area contributed by atoms with Crippen molar-refractivity contribution in [3.8, 4) is 0 Å². The van der Waals surface area contributed by atoms with Crippen LogP contribution in [0.1, 0.15) is 24.1 Å². The molecular formula is C13H20N4O3. The van der Waals surface area contributed by atoms with E-state index in [9.17, 15) is 9.59 Å². The molecule has 1 heterocycles. The van der Waals surface area contributed by atoms with Crippen LogP contribution in [0.2, 0.25) is 0 Å². The van der Waals surface area contributed by atoms with Gasteiger partial charge in [-0.15, -0.1) is 6.58 Å². The summed E-state index contributed by atoms with van der Waals surface area (Å²) >= 11 is 0. The Kier molecular flexibility index (Phi) is 6.28. The van der Waals surface area contributed by atoms with Crippen molar-refractivity contribution in [2.45, 2.75) is 32.2 Å². The summed E-state index contributed by atoms with van der Waals surface area (Å²) in [6, 6.07) is -1.42. The lowest BCUT2D eigenvalue weighted by Gasteiger charge is -2.13. The van der Waals surface area contributed by atoms with Crippen molar-refractivity contribution in [2.75, 3.05) is 6.54 Å². The van der Waals surface area contributed by atoms with Gasteiger partial charge in [-0.25, -0.2) is 9.59 Å². The molecule has 1 aromatic heterocycles. The van der Waals surface area contributed by atoms with Crippen molar-refractivity contribution in [3.05, 3.63) is 30.1 Å². The van der Waals surface area contributed by atoms with Gasteiger partial charge in [-0.05, 0) is 31.7 Å². The van der Waals surface area contributed by atoms with Crippen LogP contribution in [0.15, 0.2) is 18.9 Å². The van der Waals surface area contributed by atoms with Gasteiger partial charge in [0.05, 0.1) is 6.20 Å². The van der Waals surface area contributed by atoms with E-state index >= 15 is 0 Å². The van der Waals surface area contributed by atoms with Gasteiger partial charge in [0.15, 0.2) is 0 Å². The smallest absolute Gasteiger partial charge is 0.326 e. The van der Waals surface area contributed by atoms with Crippen LogP contribution in [-0.4, -0.2) is 39.9 Å². The highest BCUT2D eigenvalue weighted by Gasteiger charge is 2.17. The molecule has 7 nitrogen and oxygen atoms in total. The zero-order valence-corrected chi connectivity index (χ0v) is 11.5. The fraction of sp³-hybridized carbons (Fsp3) is 0.462. The number of aliphatic carboxylic acids is 1. The SMILES string of the molecule is C=CCC(NC(=O)NCCCc1cn[nH]c1C)C(=O)O. The molecule has 2 amide bonds. The van der Waals surface area contributed by atoms with Gasteiger partial charge in [0.1, 0.15) is 6.04 Å². The van der Waals surface area contributed by atoms with Crippen molar-refractivity contribution >= 4 is 12.0 Å². The number of hydrogen-bond donors (Lipinski definition) is 4. The lowest BCUT2D eigenvalue weighted by molar-refractivity contribution is -0.139. The molecule has 4 N–H and O–H groups in total. The molecule has 0 radical (unpaired) electrons. The van der Waals surface area contributed by atoms with Crippen molar-refractivity contribution in [1.29, 1.82) is 0 Å². The Morgan fingerprint density at radius 2 is 2.35 bits per heavy atom. The van der Waals surface area contributed by atoms with E-state index in [0.717, 1.165) is 24.1 Å². The van der Waals surface area contributed by atoms with Crippen LogP contribution in [0.4, 0.5) is 4.79 Å². The highest BCUT2D eigenvalue weighted by atomic mass is 16.4. The number of aryl methyl sites for hydroxylation is 2. The number of carbonyl (C=O) groups is 2. The number of carboxylic acids is 1. The van der Waals surface area contributed by atoms with Crippen molar-refractivity contribution in [3.63, 3.8) is 0 Å². The summed E-state index contributed by atoms with van der Waals surface area (Å²) in [5.41, 5.74) is 2.13. The van der Waals surface area contributed by atoms with E-state index in [2.05, 4.69) is 27.4 Å². The summed E-state index contributed by atoms with van der Waals surface area (Å²) in [7, 11) is 0. The fourth-order valence-corrected chi connectivity index (χ4v) is 1.71. The predicted octanol–water partition coefficient (Wildman–Crippen LogP) is 0.979. The summed E-state index contributed by atoms with van der Waals surface area (Å²) in [5, 5.41) is 20.7. The van der Waals surface area contributed by atoms with Gasteiger partial charge in [0.25, 0.3) is 0 Å². The van der Waals surface area contributed by atoms with E-state index in [-0.39, 0.29) is 6.42 Å². The Morgan fingerprint density at radius 3 is 2.90 bits per heavy atom. The fourth-order valence-electron chi connectivity index (χ4n) is 1.71. The molecule has 1 aromatic rings. The van der Waals surface area contributed by atoms with Crippen molar-refractivity contribution in [2.24, 2.45) is 0 Å². The average molecular weight is 280 g/mol. The number of hydrogen-bond acceptors (Lipinski definition) is 3. The minimum Gasteiger partial charge on any atom is -0.480 e. The molecule has 7 heteroatoms. The third-order valence-corrected chi connectivity index (χ3v) is 2.85. The lowest BCUT2D eigenvalue weighted by Crippen LogP contribution is -2.46. The molecule has 0 aliphatic rings. The molecule has 0 bridgehead atoms.